The minimum atomic E-state index is 0.0733. The van der Waals surface area contributed by atoms with Crippen LogP contribution in [0.3, 0.4) is 0 Å². The third-order valence-corrected chi connectivity index (χ3v) is 4.44. The van der Waals surface area contributed by atoms with Crippen molar-refractivity contribution in [1.29, 1.82) is 0 Å². The summed E-state index contributed by atoms with van der Waals surface area (Å²) in [5, 5.41) is 3.20. The minimum absolute atomic E-state index is 0.0733. The van der Waals surface area contributed by atoms with Gasteiger partial charge in [-0.3, -0.25) is 4.79 Å². The van der Waals surface area contributed by atoms with E-state index in [1.807, 2.05) is 12.1 Å². The van der Waals surface area contributed by atoms with Crippen LogP contribution in [0, 0.1) is 5.92 Å². The van der Waals surface area contributed by atoms with Crippen LogP contribution in [0.2, 0.25) is 0 Å². The Kier molecular flexibility index (Phi) is 4.52. The standard InChI is InChI=1S/C18H27NO/c1-13-7-5-6-8-16(13)19-17(20)14-9-11-15(12-10-14)18(2,3)4/h9-13,16H,5-8H2,1-4H3,(H,19,20)/t13-,16-/m0/s1. The molecule has 2 rings (SSSR count). The van der Waals surface area contributed by atoms with Gasteiger partial charge in [0, 0.05) is 11.6 Å². The van der Waals surface area contributed by atoms with Gasteiger partial charge in [-0.1, -0.05) is 52.7 Å². The maximum Gasteiger partial charge on any atom is 0.251 e. The molecule has 0 aliphatic heterocycles. The summed E-state index contributed by atoms with van der Waals surface area (Å²) >= 11 is 0. The highest BCUT2D eigenvalue weighted by atomic mass is 16.1. The van der Waals surface area contributed by atoms with Crippen LogP contribution in [0.25, 0.3) is 0 Å². The fourth-order valence-corrected chi connectivity index (χ4v) is 2.90. The van der Waals surface area contributed by atoms with E-state index in [0.717, 1.165) is 12.0 Å². The Morgan fingerprint density at radius 3 is 2.25 bits per heavy atom. The molecule has 1 aromatic rings. The van der Waals surface area contributed by atoms with Crippen molar-refractivity contribution in [1.82, 2.24) is 5.32 Å². The maximum atomic E-state index is 12.3. The lowest BCUT2D eigenvalue weighted by Gasteiger charge is -2.29. The van der Waals surface area contributed by atoms with Crippen LogP contribution < -0.4 is 5.32 Å². The zero-order chi connectivity index (χ0) is 14.8. The van der Waals surface area contributed by atoms with Gasteiger partial charge in [0.2, 0.25) is 0 Å². The highest BCUT2D eigenvalue weighted by Gasteiger charge is 2.23. The van der Waals surface area contributed by atoms with Gasteiger partial charge in [-0.15, -0.1) is 0 Å². The number of hydrogen-bond acceptors (Lipinski definition) is 1. The van der Waals surface area contributed by atoms with Gasteiger partial charge in [0.15, 0.2) is 0 Å². The van der Waals surface area contributed by atoms with E-state index in [1.165, 1.54) is 24.8 Å². The van der Waals surface area contributed by atoms with Crippen LogP contribution in [0.4, 0.5) is 0 Å². The predicted molar refractivity (Wildman–Crippen MR) is 84.0 cm³/mol. The average Bonchev–Trinajstić information content (AvgIpc) is 2.40. The number of amides is 1. The monoisotopic (exact) mass is 273 g/mol. The van der Waals surface area contributed by atoms with Crippen LogP contribution in [0.5, 0.6) is 0 Å². The molecule has 0 radical (unpaired) electrons. The van der Waals surface area contributed by atoms with Gasteiger partial charge in [-0.25, -0.2) is 0 Å². The largest absolute Gasteiger partial charge is 0.349 e. The number of benzene rings is 1. The van der Waals surface area contributed by atoms with Gasteiger partial charge in [-0.2, -0.15) is 0 Å². The third-order valence-electron chi connectivity index (χ3n) is 4.44. The molecular formula is C18H27NO. The SMILES string of the molecule is C[C@H]1CCCC[C@@H]1NC(=O)c1ccc(C(C)(C)C)cc1. The van der Waals surface area contributed by atoms with Crippen molar-refractivity contribution in [2.45, 2.75) is 64.8 Å². The highest BCUT2D eigenvalue weighted by molar-refractivity contribution is 5.94. The first-order valence-corrected chi connectivity index (χ1v) is 7.79. The lowest BCUT2D eigenvalue weighted by molar-refractivity contribution is 0.0910. The molecule has 20 heavy (non-hydrogen) atoms. The van der Waals surface area contributed by atoms with Gasteiger partial charge in [0.05, 0.1) is 0 Å². The second kappa shape index (κ2) is 5.99. The summed E-state index contributed by atoms with van der Waals surface area (Å²) in [7, 11) is 0. The molecule has 2 nitrogen and oxygen atoms in total. The average molecular weight is 273 g/mol. The first-order valence-electron chi connectivity index (χ1n) is 7.79. The molecule has 1 saturated carbocycles. The van der Waals surface area contributed by atoms with Crippen molar-refractivity contribution in [2.24, 2.45) is 5.92 Å². The van der Waals surface area contributed by atoms with E-state index < -0.39 is 0 Å². The fourth-order valence-electron chi connectivity index (χ4n) is 2.90. The summed E-state index contributed by atoms with van der Waals surface area (Å²) in [6, 6.07) is 8.38. The van der Waals surface area contributed by atoms with E-state index in [9.17, 15) is 4.79 Å². The topological polar surface area (TPSA) is 29.1 Å². The number of carbonyl (C=O) groups is 1. The zero-order valence-electron chi connectivity index (χ0n) is 13.2. The van der Waals surface area contributed by atoms with Crippen molar-refractivity contribution in [3.63, 3.8) is 0 Å². The first kappa shape index (κ1) is 15.1. The Hall–Kier alpha value is -1.31. The van der Waals surface area contributed by atoms with E-state index in [0.29, 0.717) is 12.0 Å². The van der Waals surface area contributed by atoms with Gasteiger partial charge in [-0.05, 0) is 41.9 Å². The van der Waals surface area contributed by atoms with Gasteiger partial charge in [0.1, 0.15) is 0 Å². The number of nitrogens with one attached hydrogen (secondary N) is 1. The van der Waals surface area contributed by atoms with Crippen molar-refractivity contribution in [3.05, 3.63) is 35.4 Å². The second-order valence-electron chi connectivity index (χ2n) is 7.17. The summed E-state index contributed by atoms with van der Waals surface area (Å²) in [5.41, 5.74) is 2.17. The van der Waals surface area contributed by atoms with Crippen LogP contribution >= 0.6 is 0 Å². The van der Waals surface area contributed by atoms with Gasteiger partial charge in [0.25, 0.3) is 5.91 Å². The van der Waals surface area contributed by atoms with Gasteiger partial charge >= 0.3 is 0 Å². The molecular weight excluding hydrogens is 246 g/mol. The molecule has 1 amide bonds. The Labute approximate surface area is 123 Å². The van der Waals surface area contributed by atoms with E-state index in [4.69, 9.17) is 0 Å². The summed E-state index contributed by atoms with van der Waals surface area (Å²) < 4.78 is 0. The molecule has 0 bridgehead atoms. The Morgan fingerprint density at radius 1 is 1.10 bits per heavy atom. The van der Waals surface area contributed by atoms with Crippen molar-refractivity contribution < 1.29 is 4.79 Å². The molecule has 2 heteroatoms. The van der Waals surface area contributed by atoms with E-state index in [1.54, 1.807) is 0 Å². The summed E-state index contributed by atoms with van der Waals surface area (Å²) in [6.07, 6.45) is 4.88. The third kappa shape index (κ3) is 3.62. The zero-order valence-corrected chi connectivity index (χ0v) is 13.2. The number of carbonyl (C=O) groups excluding carboxylic acids is 1. The van der Waals surface area contributed by atoms with Crippen LogP contribution in [-0.4, -0.2) is 11.9 Å². The van der Waals surface area contributed by atoms with E-state index in [-0.39, 0.29) is 11.3 Å². The van der Waals surface area contributed by atoms with Crippen molar-refractivity contribution in [3.8, 4) is 0 Å². The normalized spacial score (nSPS) is 23.4. The molecule has 0 aromatic heterocycles. The molecule has 110 valence electrons. The molecule has 0 spiro atoms. The summed E-state index contributed by atoms with van der Waals surface area (Å²) in [5.74, 6) is 0.672. The maximum absolute atomic E-state index is 12.3. The smallest absolute Gasteiger partial charge is 0.251 e. The minimum Gasteiger partial charge on any atom is -0.349 e. The molecule has 1 fully saturated rings. The molecule has 2 atom stereocenters. The quantitative estimate of drug-likeness (QED) is 0.855. The molecule has 0 unspecified atom stereocenters. The molecule has 0 heterocycles. The molecule has 0 saturated heterocycles. The predicted octanol–water partition coefficient (Wildman–Crippen LogP) is 4.29. The molecule has 1 N–H and O–H groups in total. The van der Waals surface area contributed by atoms with Crippen LogP contribution in [0.1, 0.15) is 69.3 Å². The van der Waals surface area contributed by atoms with Crippen molar-refractivity contribution in [2.75, 3.05) is 0 Å². The van der Waals surface area contributed by atoms with Crippen LogP contribution in [-0.2, 0) is 5.41 Å². The first-order chi connectivity index (χ1) is 9.38. The molecule has 1 aromatic carbocycles. The lowest BCUT2D eigenvalue weighted by atomic mass is 9.85. The Morgan fingerprint density at radius 2 is 1.70 bits per heavy atom. The summed E-state index contributed by atoms with van der Waals surface area (Å²) in [6.45, 7) is 8.80. The molecule has 1 aliphatic rings. The highest BCUT2D eigenvalue weighted by Crippen LogP contribution is 2.25. The summed E-state index contributed by atoms with van der Waals surface area (Å²) in [4.78, 5) is 12.3. The van der Waals surface area contributed by atoms with Crippen molar-refractivity contribution >= 4 is 5.91 Å². The number of hydrogen-bond donors (Lipinski definition) is 1. The molecule has 1 aliphatic carbocycles. The fraction of sp³-hybridized carbons (Fsp3) is 0.611. The van der Waals surface area contributed by atoms with Crippen LogP contribution in [0.15, 0.2) is 24.3 Å². The Bertz CT molecular complexity index is 455. The van der Waals surface area contributed by atoms with E-state index in [2.05, 4.69) is 45.1 Å². The number of rotatable bonds is 2. The van der Waals surface area contributed by atoms with E-state index >= 15 is 0 Å². The second-order valence-corrected chi connectivity index (χ2v) is 7.17. The van der Waals surface area contributed by atoms with Gasteiger partial charge < -0.3 is 5.32 Å². The lowest BCUT2D eigenvalue weighted by Crippen LogP contribution is -2.41. The Balaban J connectivity index is 2.02.